The van der Waals surface area contributed by atoms with Crippen LogP contribution in [-0.2, 0) is 4.74 Å². The number of esters is 1. The summed E-state index contributed by atoms with van der Waals surface area (Å²) < 4.78 is 28.7. The van der Waals surface area contributed by atoms with Crippen molar-refractivity contribution in [2.45, 2.75) is 20.0 Å². The van der Waals surface area contributed by atoms with Crippen molar-refractivity contribution in [2.75, 3.05) is 13.7 Å². The lowest BCUT2D eigenvalue weighted by molar-refractivity contribution is 0.0318. The lowest BCUT2D eigenvalue weighted by Gasteiger charge is -2.15. The van der Waals surface area contributed by atoms with Gasteiger partial charge in [-0.1, -0.05) is 11.6 Å². The lowest BCUT2D eigenvalue weighted by Crippen LogP contribution is -2.24. The fraction of sp³-hybridized carbons (Fsp3) is 0.263. The van der Waals surface area contributed by atoms with Crippen molar-refractivity contribution in [3.63, 3.8) is 0 Å². The predicted molar refractivity (Wildman–Crippen MR) is 94.8 cm³/mol. The Bertz CT molecular complexity index is 804. The van der Waals surface area contributed by atoms with Gasteiger partial charge in [0.05, 0.1) is 24.3 Å². The Balaban J connectivity index is 2.17. The Kier molecular flexibility index (Phi) is 6.58. The molecule has 0 bridgehead atoms. The SMILES string of the molecule is CCOc1c(Cl)cc(C(=O)O[C@@H](C)C(=O)c2ccc(F)cc2)cc1OC. The number of carbonyl (C=O) groups excluding carboxylic acids is 2. The van der Waals surface area contributed by atoms with Crippen LogP contribution in [0.4, 0.5) is 4.39 Å². The summed E-state index contributed by atoms with van der Waals surface area (Å²) in [6, 6.07) is 7.80. The van der Waals surface area contributed by atoms with Crippen LogP contribution in [0.2, 0.25) is 5.02 Å². The van der Waals surface area contributed by atoms with Gasteiger partial charge in [0.1, 0.15) is 5.82 Å². The molecule has 0 aromatic heterocycles. The van der Waals surface area contributed by atoms with Crippen molar-refractivity contribution in [3.05, 3.63) is 58.4 Å². The maximum atomic E-state index is 12.9. The fourth-order valence-corrected chi connectivity index (χ4v) is 2.52. The molecule has 2 aromatic rings. The van der Waals surface area contributed by atoms with Crippen LogP contribution in [0.25, 0.3) is 0 Å². The largest absolute Gasteiger partial charge is 0.493 e. The summed E-state index contributed by atoms with van der Waals surface area (Å²) >= 11 is 6.13. The summed E-state index contributed by atoms with van der Waals surface area (Å²) in [6.07, 6.45) is -1.05. The number of hydrogen-bond donors (Lipinski definition) is 0. The highest BCUT2D eigenvalue weighted by Crippen LogP contribution is 2.36. The Morgan fingerprint density at radius 1 is 1.15 bits per heavy atom. The van der Waals surface area contributed by atoms with Gasteiger partial charge in [-0.05, 0) is 50.2 Å². The van der Waals surface area contributed by atoms with Crippen LogP contribution in [0.1, 0.15) is 34.6 Å². The van der Waals surface area contributed by atoms with Crippen LogP contribution in [0, 0.1) is 5.82 Å². The Morgan fingerprint density at radius 3 is 2.38 bits per heavy atom. The second-order valence-corrected chi connectivity index (χ2v) is 5.75. The van der Waals surface area contributed by atoms with Crippen molar-refractivity contribution in [1.82, 2.24) is 0 Å². The molecule has 26 heavy (non-hydrogen) atoms. The summed E-state index contributed by atoms with van der Waals surface area (Å²) in [5, 5.41) is 0.190. The third-order valence-corrected chi connectivity index (χ3v) is 3.82. The maximum Gasteiger partial charge on any atom is 0.339 e. The molecule has 0 unspecified atom stereocenters. The molecule has 2 aromatic carbocycles. The first kappa shape index (κ1) is 19.7. The number of halogens is 2. The normalized spacial score (nSPS) is 11.6. The van der Waals surface area contributed by atoms with Gasteiger partial charge in [0, 0.05) is 5.56 Å². The molecule has 0 aliphatic heterocycles. The second-order valence-electron chi connectivity index (χ2n) is 5.34. The van der Waals surface area contributed by atoms with Gasteiger partial charge in [0.15, 0.2) is 17.6 Å². The van der Waals surface area contributed by atoms with Gasteiger partial charge in [-0.2, -0.15) is 0 Å². The summed E-state index contributed by atoms with van der Waals surface area (Å²) in [5.41, 5.74) is 0.364. The Morgan fingerprint density at radius 2 is 1.81 bits per heavy atom. The molecule has 0 amide bonds. The van der Waals surface area contributed by atoms with E-state index in [2.05, 4.69) is 0 Å². The highest BCUT2D eigenvalue weighted by Gasteiger charge is 2.22. The molecular weight excluding hydrogens is 363 g/mol. The number of ether oxygens (including phenoxy) is 3. The molecule has 0 spiro atoms. The van der Waals surface area contributed by atoms with Crippen LogP contribution < -0.4 is 9.47 Å². The van der Waals surface area contributed by atoms with E-state index in [1.54, 1.807) is 6.92 Å². The van der Waals surface area contributed by atoms with E-state index in [0.717, 1.165) is 0 Å². The zero-order valence-corrected chi connectivity index (χ0v) is 15.3. The zero-order valence-electron chi connectivity index (χ0n) is 14.5. The molecule has 7 heteroatoms. The lowest BCUT2D eigenvalue weighted by atomic mass is 10.1. The van der Waals surface area contributed by atoms with Crippen LogP contribution in [0.5, 0.6) is 11.5 Å². The quantitative estimate of drug-likeness (QED) is 0.529. The molecule has 0 N–H and O–H groups in total. The number of Topliss-reactive ketones (excluding diaryl/α,β-unsaturated/α-hetero) is 1. The van der Waals surface area contributed by atoms with E-state index in [4.69, 9.17) is 25.8 Å². The highest BCUT2D eigenvalue weighted by molar-refractivity contribution is 6.32. The summed E-state index contributed by atoms with van der Waals surface area (Å²) in [5.74, 6) is -1.03. The van der Waals surface area contributed by atoms with E-state index in [-0.39, 0.29) is 21.9 Å². The molecule has 5 nitrogen and oxygen atoms in total. The minimum atomic E-state index is -1.05. The molecule has 1 atom stereocenters. The molecule has 0 aliphatic rings. The summed E-state index contributed by atoms with van der Waals surface area (Å²) in [4.78, 5) is 24.6. The average Bonchev–Trinajstić information content (AvgIpc) is 2.63. The van der Waals surface area contributed by atoms with Gasteiger partial charge in [-0.25, -0.2) is 9.18 Å². The first-order chi connectivity index (χ1) is 12.4. The van der Waals surface area contributed by atoms with Gasteiger partial charge in [-0.3, -0.25) is 4.79 Å². The van der Waals surface area contributed by atoms with Gasteiger partial charge in [0.2, 0.25) is 5.78 Å². The zero-order chi connectivity index (χ0) is 19.3. The molecule has 2 rings (SSSR count). The first-order valence-corrected chi connectivity index (χ1v) is 8.26. The van der Waals surface area contributed by atoms with E-state index in [9.17, 15) is 14.0 Å². The number of ketones is 1. The van der Waals surface area contributed by atoms with E-state index in [1.807, 2.05) is 0 Å². The fourth-order valence-electron chi connectivity index (χ4n) is 2.25. The minimum absolute atomic E-state index is 0.119. The van der Waals surface area contributed by atoms with Gasteiger partial charge >= 0.3 is 5.97 Å². The van der Waals surface area contributed by atoms with Gasteiger partial charge in [-0.15, -0.1) is 0 Å². The molecule has 0 aliphatic carbocycles. The first-order valence-electron chi connectivity index (χ1n) is 7.88. The molecule has 0 heterocycles. The number of rotatable bonds is 7. The van der Waals surface area contributed by atoms with Gasteiger partial charge in [0.25, 0.3) is 0 Å². The smallest absolute Gasteiger partial charge is 0.339 e. The van der Waals surface area contributed by atoms with Crippen molar-refractivity contribution < 1.29 is 28.2 Å². The number of hydrogen-bond acceptors (Lipinski definition) is 5. The van der Waals surface area contributed by atoms with E-state index >= 15 is 0 Å². The van der Waals surface area contributed by atoms with Crippen LogP contribution in [0.15, 0.2) is 36.4 Å². The predicted octanol–water partition coefficient (Wildman–Crippen LogP) is 4.31. The molecule has 0 fully saturated rings. The van der Waals surface area contributed by atoms with Crippen LogP contribution in [0.3, 0.4) is 0 Å². The monoisotopic (exact) mass is 380 g/mol. The van der Waals surface area contributed by atoms with E-state index in [1.165, 1.54) is 50.4 Å². The molecule has 0 radical (unpaired) electrons. The maximum absolute atomic E-state index is 12.9. The molecule has 138 valence electrons. The van der Waals surface area contributed by atoms with Crippen LogP contribution in [-0.4, -0.2) is 31.6 Å². The standard InChI is InChI=1S/C19H18ClFO5/c1-4-25-18-15(20)9-13(10-16(18)24-3)19(23)26-11(2)17(22)12-5-7-14(21)8-6-12/h5-11H,4H2,1-3H3/t11-/m0/s1. The molecule has 0 saturated carbocycles. The minimum Gasteiger partial charge on any atom is -0.493 e. The number of carbonyl (C=O) groups is 2. The molecular formula is C19H18ClFO5. The second kappa shape index (κ2) is 8.67. The third-order valence-electron chi connectivity index (χ3n) is 3.54. The summed E-state index contributed by atoms with van der Waals surface area (Å²) in [6.45, 7) is 3.61. The van der Waals surface area contributed by atoms with E-state index < -0.39 is 23.7 Å². The average molecular weight is 381 g/mol. The number of methoxy groups -OCH3 is 1. The van der Waals surface area contributed by atoms with Gasteiger partial charge < -0.3 is 14.2 Å². The van der Waals surface area contributed by atoms with Crippen molar-refractivity contribution in [2.24, 2.45) is 0 Å². The Labute approximate surface area is 155 Å². The third kappa shape index (κ3) is 4.52. The van der Waals surface area contributed by atoms with Crippen molar-refractivity contribution >= 4 is 23.4 Å². The van der Waals surface area contributed by atoms with E-state index in [0.29, 0.717) is 12.4 Å². The van der Waals surface area contributed by atoms with Crippen LogP contribution >= 0.6 is 11.6 Å². The number of benzene rings is 2. The Hall–Kier alpha value is -2.60. The summed E-state index contributed by atoms with van der Waals surface area (Å²) in [7, 11) is 1.42. The van der Waals surface area contributed by atoms with Crippen molar-refractivity contribution in [1.29, 1.82) is 0 Å². The molecule has 0 saturated heterocycles. The van der Waals surface area contributed by atoms with Crippen molar-refractivity contribution in [3.8, 4) is 11.5 Å². The highest BCUT2D eigenvalue weighted by atomic mass is 35.5. The topological polar surface area (TPSA) is 61.8 Å².